The number of hydrogen-bond acceptors (Lipinski definition) is 4. The van der Waals surface area contributed by atoms with Crippen molar-refractivity contribution in [3.63, 3.8) is 0 Å². The topological polar surface area (TPSA) is 81.4 Å². The Morgan fingerprint density at radius 2 is 2.00 bits per heavy atom. The van der Waals surface area contributed by atoms with E-state index in [1.807, 2.05) is 0 Å². The van der Waals surface area contributed by atoms with Gasteiger partial charge >= 0.3 is 5.97 Å². The van der Waals surface area contributed by atoms with E-state index in [9.17, 15) is 9.59 Å². The van der Waals surface area contributed by atoms with E-state index >= 15 is 0 Å². The summed E-state index contributed by atoms with van der Waals surface area (Å²) in [7, 11) is 0. The summed E-state index contributed by atoms with van der Waals surface area (Å²) in [5.74, 6) is -0.952. The molecule has 0 fully saturated rings. The van der Waals surface area contributed by atoms with E-state index in [4.69, 9.17) is 10.5 Å². The van der Waals surface area contributed by atoms with Gasteiger partial charge in [-0.25, -0.2) is 0 Å². The molecule has 0 saturated carbocycles. The Balaban J connectivity index is 2.48. The summed E-state index contributed by atoms with van der Waals surface area (Å²) in [6, 6.07) is 6.68. The standard InChI is InChI=1S/C14H20N2O3/c1-9(2)19-14(18)10(3)8-16-13(17)11-5-4-6-12(15)7-11/h4-7,9-10H,8,15H2,1-3H3,(H,16,17). The highest BCUT2D eigenvalue weighted by atomic mass is 16.5. The van der Waals surface area contributed by atoms with Gasteiger partial charge in [0, 0.05) is 17.8 Å². The zero-order valence-corrected chi connectivity index (χ0v) is 11.5. The van der Waals surface area contributed by atoms with Gasteiger partial charge in [0.1, 0.15) is 0 Å². The Bertz CT molecular complexity index is 458. The molecular formula is C14H20N2O3. The first-order valence-electron chi connectivity index (χ1n) is 6.24. The van der Waals surface area contributed by atoms with Crippen LogP contribution in [0.2, 0.25) is 0 Å². The van der Waals surface area contributed by atoms with Crippen LogP contribution in [-0.2, 0) is 9.53 Å². The van der Waals surface area contributed by atoms with Gasteiger partial charge in [0.25, 0.3) is 5.91 Å². The first kappa shape index (κ1) is 15.0. The van der Waals surface area contributed by atoms with Crippen LogP contribution < -0.4 is 11.1 Å². The van der Waals surface area contributed by atoms with Crippen molar-refractivity contribution in [1.82, 2.24) is 5.32 Å². The van der Waals surface area contributed by atoms with Crippen molar-refractivity contribution in [3.8, 4) is 0 Å². The molecule has 5 nitrogen and oxygen atoms in total. The van der Waals surface area contributed by atoms with Crippen molar-refractivity contribution in [2.45, 2.75) is 26.9 Å². The summed E-state index contributed by atoms with van der Waals surface area (Å²) >= 11 is 0. The number of benzene rings is 1. The molecule has 0 spiro atoms. The molecular weight excluding hydrogens is 244 g/mol. The molecule has 0 bridgehead atoms. The van der Waals surface area contributed by atoms with Crippen LogP contribution in [0.1, 0.15) is 31.1 Å². The van der Waals surface area contributed by atoms with Gasteiger partial charge in [0.2, 0.25) is 0 Å². The lowest BCUT2D eigenvalue weighted by molar-refractivity contribution is -0.151. The first-order valence-corrected chi connectivity index (χ1v) is 6.24. The summed E-state index contributed by atoms with van der Waals surface area (Å²) in [6.45, 7) is 5.52. The Kier molecular flexibility index (Phi) is 5.36. The minimum atomic E-state index is -0.382. The monoisotopic (exact) mass is 264 g/mol. The highest BCUT2D eigenvalue weighted by Gasteiger charge is 2.17. The van der Waals surface area contributed by atoms with Crippen LogP contribution in [0, 0.1) is 5.92 Å². The van der Waals surface area contributed by atoms with E-state index in [1.165, 1.54) is 0 Å². The molecule has 19 heavy (non-hydrogen) atoms. The average molecular weight is 264 g/mol. The molecule has 1 rings (SSSR count). The van der Waals surface area contributed by atoms with E-state index in [-0.39, 0.29) is 30.4 Å². The van der Waals surface area contributed by atoms with Gasteiger partial charge in [-0.3, -0.25) is 9.59 Å². The van der Waals surface area contributed by atoms with E-state index in [2.05, 4.69) is 5.32 Å². The summed E-state index contributed by atoms with van der Waals surface area (Å²) in [5.41, 5.74) is 6.61. The predicted molar refractivity (Wildman–Crippen MR) is 73.6 cm³/mol. The lowest BCUT2D eigenvalue weighted by Crippen LogP contribution is -2.33. The molecule has 1 unspecified atom stereocenters. The predicted octanol–water partition coefficient (Wildman–Crippen LogP) is 1.59. The molecule has 0 aliphatic carbocycles. The second-order valence-electron chi connectivity index (χ2n) is 4.72. The molecule has 0 aliphatic rings. The number of hydrogen-bond donors (Lipinski definition) is 2. The zero-order valence-electron chi connectivity index (χ0n) is 11.5. The van der Waals surface area contributed by atoms with Crippen molar-refractivity contribution >= 4 is 17.6 Å². The highest BCUT2D eigenvalue weighted by Crippen LogP contribution is 2.07. The fourth-order valence-corrected chi connectivity index (χ4v) is 1.46. The molecule has 0 heterocycles. The van der Waals surface area contributed by atoms with Gasteiger partial charge in [-0.2, -0.15) is 0 Å². The van der Waals surface area contributed by atoms with Gasteiger partial charge in [0.15, 0.2) is 0 Å². The Morgan fingerprint density at radius 3 is 2.58 bits per heavy atom. The number of carbonyl (C=O) groups is 2. The third-order valence-electron chi connectivity index (χ3n) is 2.47. The maximum atomic E-state index is 11.8. The van der Waals surface area contributed by atoms with E-state index in [0.717, 1.165) is 0 Å². The fourth-order valence-electron chi connectivity index (χ4n) is 1.46. The van der Waals surface area contributed by atoms with Crippen LogP contribution >= 0.6 is 0 Å². The normalized spacial score (nSPS) is 12.0. The number of amides is 1. The molecule has 1 amide bonds. The molecule has 1 atom stereocenters. The van der Waals surface area contributed by atoms with Gasteiger partial charge in [-0.15, -0.1) is 0 Å². The van der Waals surface area contributed by atoms with Gasteiger partial charge in [-0.05, 0) is 32.0 Å². The summed E-state index contributed by atoms with van der Waals surface area (Å²) in [4.78, 5) is 23.4. The van der Waals surface area contributed by atoms with Crippen molar-refractivity contribution in [1.29, 1.82) is 0 Å². The average Bonchev–Trinajstić information content (AvgIpc) is 2.34. The number of nitrogen functional groups attached to an aromatic ring is 1. The van der Waals surface area contributed by atoms with Gasteiger partial charge < -0.3 is 15.8 Å². The van der Waals surface area contributed by atoms with Crippen LogP contribution in [0.3, 0.4) is 0 Å². The second kappa shape index (κ2) is 6.78. The number of esters is 1. The van der Waals surface area contributed by atoms with Crippen molar-refractivity contribution in [3.05, 3.63) is 29.8 Å². The van der Waals surface area contributed by atoms with Crippen molar-refractivity contribution in [2.75, 3.05) is 12.3 Å². The largest absolute Gasteiger partial charge is 0.463 e. The molecule has 0 saturated heterocycles. The minimum Gasteiger partial charge on any atom is -0.463 e. The smallest absolute Gasteiger partial charge is 0.310 e. The number of anilines is 1. The van der Waals surface area contributed by atoms with Crippen LogP contribution in [0.15, 0.2) is 24.3 Å². The first-order chi connectivity index (χ1) is 8.90. The number of nitrogens with two attached hydrogens (primary N) is 1. The van der Waals surface area contributed by atoms with Crippen LogP contribution in [0.4, 0.5) is 5.69 Å². The van der Waals surface area contributed by atoms with Crippen LogP contribution in [0.5, 0.6) is 0 Å². The van der Waals surface area contributed by atoms with Crippen LogP contribution in [0.25, 0.3) is 0 Å². The fraction of sp³-hybridized carbons (Fsp3) is 0.429. The summed E-state index contributed by atoms with van der Waals surface area (Å²) in [5, 5.41) is 2.68. The molecule has 104 valence electrons. The van der Waals surface area contributed by atoms with Crippen LogP contribution in [-0.4, -0.2) is 24.5 Å². The van der Waals surface area contributed by atoms with Crippen molar-refractivity contribution < 1.29 is 14.3 Å². The minimum absolute atomic E-state index is 0.153. The number of ether oxygens (including phenoxy) is 1. The Hall–Kier alpha value is -2.04. The highest BCUT2D eigenvalue weighted by molar-refractivity contribution is 5.95. The SMILES string of the molecule is CC(C)OC(=O)C(C)CNC(=O)c1cccc(N)c1. The molecule has 0 aromatic heterocycles. The molecule has 0 aliphatic heterocycles. The third-order valence-corrected chi connectivity index (χ3v) is 2.47. The molecule has 1 aromatic carbocycles. The Morgan fingerprint density at radius 1 is 1.32 bits per heavy atom. The molecule has 3 N–H and O–H groups in total. The van der Waals surface area contributed by atoms with Gasteiger partial charge in [-0.1, -0.05) is 13.0 Å². The number of nitrogens with one attached hydrogen (secondary N) is 1. The lowest BCUT2D eigenvalue weighted by Gasteiger charge is -2.14. The van der Waals surface area contributed by atoms with Crippen molar-refractivity contribution in [2.24, 2.45) is 5.92 Å². The van der Waals surface area contributed by atoms with E-state index in [1.54, 1.807) is 45.0 Å². The summed E-state index contributed by atoms with van der Waals surface area (Å²) < 4.78 is 5.06. The molecule has 0 radical (unpaired) electrons. The molecule has 1 aromatic rings. The van der Waals surface area contributed by atoms with E-state index < -0.39 is 0 Å². The van der Waals surface area contributed by atoms with E-state index in [0.29, 0.717) is 11.3 Å². The lowest BCUT2D eigenvalue weighted by atomic mass is 10.1. The maximum absolute atomic E-state index is 11.8. The second-order valence-corrected chi connectivity index (χ2v) is 4.72. The summed E-state index contributed by atoms with van der Waals surface area (Å²) in [6.07, 6.45) is -0.153. The third kappa shape index (κ3) is 4.99. The maximum Gasteiger partial charge on any atom is 0.310 e. The molecule has 5 heteroatoms. The zero-order chi connectivity index (χ0) is 14.4. The Labute approximate surface area is 113 Å². The van der Waals surface area contributed by atoms with Gasteiger partial charge in [0.05, 0.1) is 12.0 Å². The quantitative estimate of drug-likeness (QED) is 0.625. The number of rotatable bonds is 5. The number of carbonyl (C=O) groups excluding carboxylic acids is 2.